The number of tetrazole rings is 1. The zero-order valence-electron chi connectivity index (χ0n) is 10.4. The number of hydrogen-bond acceptors (Lipinski definition) is 5. The third-order valence-electron chi connectivity index (χ3n) is 2.69. The maximum atomic E-state index is 13.0. The van der Waals surface area contributed by atoms with E-state index in [0.717, 1.165) is 12.5 Å². The van der Waals surface area contributed by atoms with Gasteiger partial charge in [0.05, 0.1) is 11.3 Å². The van der Waals surface area contributed by atoms with Crippen molar-refractivity contribution in [2.75, 3.05) is 0 Å². The first kappa shape index (κ1) is 13.2. The Hall–Kier alpha value is -2.84. The molecule has 0 N–H and O–H groups in total. The normalized spacial score (nSPS) is 11.6. The van der Waals surface area contributed by atoms with E-state index in [1.54, 1.807) is 30.3 Å². The van der Waals surface area contributed by atoms with E-state index < -0.39 is 11.9 Å². The molecular formula is C12H7F3N6. The van der Waals surface area contributed by atoms with Gasteiger partial charge in [-0.15, -0.1) is 5.10 Å². The lowest BCUT2D eigenvalue weighted by Crippen LogP contribution is -2.12. The fourth-order valence-corrected chi connectivity index (χ4v) is 1.82. The van der Waals surface area contributed by atoms with Crippen LogP contribution in [0.5, 0.6) is 0 Å². The molecule has 0 bridgehead atoms. The fraction of sp³-hybridized carbons (Fsp3) is 0.0833. The molecule has 9 heteroatoms. The molecule has 0 saturated carbocycles. The predicted molar refractivity (Wildman–Crippen MR) is 65.2 cm³/mol. The summed E-state index contributed by atoms with van der Waals surface area (Å²) in [4.78, 5) is 6.93. The molecule has 0 aliphatic rings. The number of halogens is 3. The Morgan fingerprint density at radius 2 is 1.81 bits per heavy atom. The Kier molecular flexibility index (Phi) is 3.09. The Bertz CT molecular complexity index is 753. The molecule has 0 saturated heterocycles. The molecule has 3 aromatic rings. The van der Waals surface area contributed by atoms with Crippen molar-refractivity contribution in [3.8, 4) is 17.1 Å². The van der Waals surface area contributed by atoms with Gasteiger partial charge in [-0.25, -0.2) is 9.97 Å². The zero-order chi connectivity index (χ0) is 14.9. The minimum atomic E-state index is -4.62. The molecule has 0 radical (unpaired) electrons. The van der Waals surface area contributed by atoms with Crippen LogP contribution in [0.25, 0.3) is 17.1 Å². The SMILES string of the molecule is FC(F)(F)c1ncncc1-c1nnnn1-c1ccccc1. The maximum Gasteiger partial charge on any atom is 0.434 e. The summed E-state index contributed by atoms with van der Waals surface area (Å²) < 4.78 is 40.2. The molecule has 2 heterocycles. The van der Waals surface area contributed by atoms with Crippen LogP contribution in [-0.2, 0) is 6.18 Å². The van der Waals surface area contributed by atoms with Crippen LogP contribution in [0.3, 0.4) is 0 Å². The number of benzene rings is 1. The van der Waals surface area contributed by atoms with Gasteiger partial charge >= 0.3 is 6.18 Å². The van der Waals surface area contributed by atoms with Crippen molar-refractivity contribution in [1.82, 2.24) is 30.2 Å². The molecule has 2 aromatic heterocycles. The molecule has 0 fully saturated rings. The van der Waals surface area contributed by atoms with E-state index >= 15 is 0 Å². The number of hydrogen-bond donors (Lipinski definition) is 0. The summed E-state index contributed by atoms with van der Waals surface area (Å²) in [6, 6.07) is 8.59. The van der Waals surface area contributed by atoms with Crippen LogP contribution >= 0.6 is 0 Å². The van der Waals surface area contributed by atoms with E-state index in [0.29, 0.717) is 5.69 Å². The van der Waals surface area contributed by atoms with Gasteiger partial charge in [0.2, 0.25) is 0 Å². The smallest absolute Gasteiger partial charge is 0.244 e. The van der Waals surface area contributed by atoms with E-state index in [4.69, 9.17) is 0 Å². The first-order valence-corrected chi connectivity index (χ1v) is 5.79. The van der Waals surface area contributed by atoms with Crippen LogP contribution in [0.4, 0.5) is 13.2 Å². The highest BCUT2D eigenvalue weighted by Crippen LogP contribution is 2.34. The molecule has 0 unspecified atom stereocenters. The Balaban J connectivity index is 2.18. The summed E-state index contributed by atoms with van der Waals surface area (Å²) in [5.41, 5.74) is -0.821. The lowest BCUT2D eigenvalue weighted by molar-refractivity contribution is -0.140. The monoisotopic (exact) mass is 292 g/mol. The lowest BCUT2D eigenvalue weighted by Gasteiger charge is -2.10. The molecule has 6 nitrogen and oxygen atoms in total. The van der Waals surface area contributed by atoms with Gasteiger partial charge in [-0.3, -0.25) is 0 Å². The van der Waals surface area contributed by atoms with Crippen molar-refractivity contribution in [2.45, 2.75) is 6.18 Å². The van der Waals surface area contributed by atoms with Crippen molar-refractivity contribution < 1.29 is 13.2 Å². The summed E-state index contributed by atoms with van der Waals surface area (Å²) in [6.07, 6.45) is -2.74. The zero-order valence-corrected chi connectivity index (χ0v) is 10.4. The van der Waals surface area contributed by atoms with Gasteiger partial charge in [0.25, 0.3) is 0 Å². The fourth-order valence-electron chi connectivity index (χ4n) is 1.82. The topological polar surface area (TPSA) is 69.4 Å². The van der Waals surface area contributed by atoms with Gasteiger partial charge < -0.3 is 0 Å². The van der Waals surface area contributed by atoms with Crippen LogP contribution in [0, 0.1) is 0 Å². The third kappa shape index (κ3) is 2.45. The van der Waals surface area contributed by atoms with E-state index in [-0.39, 0.29) is 11.4 Å². The van der Waals surface area contributed by atoms with Gasteiger partial charge in [-0.05, 0) is 22.6 Å². The van der Waals surface area contributed by atoms with Gasteiger partial charge in [0.1, 0.15) is 6.33 Å². The van der Waals surface area contributed by atoms with E-state index in [2.05, 4.69) is 25.5 Å². The van der Waals surface area contributed by atoms with Crippen molar-refractivity contribution in [2.24, 2.45) is 0 Å². The number of nitrogens with zero attached hydrogens (tertiary/aromatic N) is 6. The van der Waals surface area contributed by atoms with E-state index in [1.165, 1.54) is 4.68 Å². The van der Waals surface area contributed by atoms with Gasteiger partial charge in [-0.1, -0.05) is 18.2 Å². The number of aromatic nitrogens is 6. The lowest BCUT2D eigenvalue weighted by atomic mass is 10.2. The predicted octanol–water partition coefficient (Wildman–Crippen LogP) is 2.14. The average Bonchev–Trinajstić information content (AvgIpc) is 2.96. The molecule has 21 heavy (non-hydrogen) atoms. The number of para-hydroxylation sites is 1. The van der Waals surface area contributed by atoms with Crippen LogP contribution in [0.15, 0.2) is 42.9 Å². The summed E-state index contributed by atoms with van der Waals surface area (Å²) in [6.45, 7) is 0. The van der Waals surface area contributed by atoms with Crippen molar-refractivity contribution >= 4 is 0 Å². The second-order valence-electron chi connectivity index (χ2n) is 4.03. The quantitative estimate of drug-likeness (QED) is 0.723. The molecule has 3 rings (SSSR count). The molecule has 0 spiro atoms. The summed E-state index contributed by atoms with van der Waals surface area (Å²) in [5, 5.41) is 10.8. The standard InChI is InChI=1S/C12H7F3N6/c13-12(14,15)10-9(6-16-7-17-10)11-18-19-20-21(11)8-4-2-1-3-5-8/h1-7H. The van der Waals surface area contributed by atoms with Crippen LogP contribution in [0.1, 0.15) is 5.69 Å². The van der Waals surface area contributed by atoms with Crippen molar-refractivity contribution in [3.05, 3.63) is 48.5 Å². The summed E-state index contributed by atoms with van der Waals surface area (Å²) >= 11 is 0. The largest absolute Gasteiger partial charge is 0.434 e. The first-order valence-electron chi connectivity index (χ1n) is 5.79. The molecule has 0 aliphatic heterocycles. The minimum Gasteiger partial charge on any atom is -0.244 e. The number of rotatable bonds is 2. The average molecular weight is 292 g/mol. The first-order chi connectivity index (χ1) is 10.1. The second-order valence-corrected chi connectivity index (χ2v) is 4.03. The highest BCUT2D eigenvalue weighted by Gasteiger charge is 2.37. The van der Waals surface area contributed by atoms with E-state index in [9.17, 15) is 13.2 Å². The van der Waals surface area contributed by atoms with E-state index in [1.807, 2.05) is 0 Å². The van der Waals surface area contributed by atoms with Crippen molar-refractivity contribution in [1.29, 1.82) is 0 Å². The molecule has 1 aromatic carbocycles. The van der Waals surface area contributed by atoms with Gasteiger partial charge in [-0.2, -0.15) is 17.9 Å². The van der Waals surface area contributed by atoms with Crippen LogP contribution in [-0.4, -0.2) is 30.2 Å². The minimum absolute atomic E-state index is 0.0749. The molecule has 0 atom stereocenters. The summed E-state index contributed by atoms with van der Waals surface area (Å²) in [5.74, 6) is -0.0749. The maximum absolute atomic E-state index is 13.0. The second kappa shape index (κ2) is 4.93. The Morgan fingerprint density at radius 1 is 1.05 bits per heavy atom. The van der Waals surface area contributed by atoms with Crippen molar-refractivity contribution in [3.63, 3.8) is 0 Å². The Morgan fingerprint density at radius 3 is 2.52 bits per heavy atom. The van der Waals surface area contributed by atoms with Crippen LogP contribution in [0.2, 0.25) is 0 Å². The Labute approximate surface area is 116 Å². The molecule has 0 amide bonds. The molecule has 0 aliphatic carbocycles. The van der Waals surface area contributed by atoms with Gasteiger partial charge in [0.15, 0.2) is 11.5 Å². The molecule has 106 valence electrons. The van der Waals surface area contributed by atoms with Crippen LogP contribution < -0.4 is 0 Å². The summed E-state index contributed by atoms with van der Waals surface area (Å²) in [7, 11) is 0. The van der Waals surface area contributed by atoms with Gasteiger partial charge in [0, 0.05) is 6.20 Å². The highest BCUT2D eigenvalue weighted by molar-refractivity contribution is 5.59. The third-order valence-corrected chi connectivity index (χ3v) is 2.69. The highest BCUT2D eigenvalue weighted by atomic mass is 19.4. The molecular weight excluding hydrogens is 285 g/mol. The number of alkyl halides is 3.